The van der Waals surface area contributed by atoms with Crippen molar-refractivity contribution in [3.8, 4) is 0 Å². The van der Waals surface area contributed by atoms with Crippen LogP contribution in [0.2, 0.25) is 0 Å². The van der Waals surface area contributed by atoms with Crippen LogP contribution in [0.5, 0.6) is 0 Å². The zero-order chi connectivity index (χ0) is 20.8. The smallest absolute Gasteiger partial charge is 0.254 e. The lowest BCUT2D eigenvalue weighted by Gasteiger charge is -2.33. The van der Waals surface area contributed by atoms with Gasteiger partial charge in [0, 0.05) is 42.3 Å². The predicted octanol–water partition coefficient (Wildman–Crippen LogP) is 2.70. The Bertz CT molecular complexity index is 1130. The molecule has 8 nitrogen and oxygen atoms in total. The Morgan fingerprint density at radius 1 is 1.00 bits per heavy atom. The molecule has 1 aliphatic heterocycles. The summed E-state index contributed by atoms with van der Waals surface area (Å²) in [5.41, 5.74) is 0.932. The number of anilines is 1. The van der Waals surface area contributed by atoms with Gasteiger partial charge in [-0.3, -0.25) is 0 Å². The fourth-order valence-corrected chi connectivity index (χ4v) is 5.06. The van der Waals surface area contributed by atoms with Crippen LogP contribution in [0.15, 0.2) is 45.9 Å². The first kappa shape index (κ1) is 20.2. The summed E-state index contributed by atoms with van der Waals surface area (Å²) in [6, 6.07) is 8.67. The Labute approximate surface area is 178 Å². The lowest BCUT2D eigenvalue weighted by Crippen LogP contribution is -2.49. The second-order valence-corrected chi connectivity index (χ2v) is 10.9. The number of aromatic nitrogens is 4. The van der Waals surface area contributed by atoms with E-state index < -0.39 is 10.0 Å². The zero-order valence-corrected chi connectivity index (χ0v) is 19.0. The van der Waals surface area contributed by atoms with E-state index >= 15 is 0 Å². The number of rotatable bonds is 3. The first-order chi connectivity index (χ1) is 13.7. The van der Waals surface area contributed by atoms with Crippen LogP contribution >= 0.6 is 15.9 Å². The van der Waals surface area contributed by atoms with Crippen LogP contribution in [-0.2, 0) is 15.4 Å². The first-order valence-electron chi connectivity index (χ1n) is 9.39. The predicted molar refractivity (Wildman–Crippen MR) is 115 cm³/mol. The zero-order valence-electron chi connectivity index (χ0n) is 16.6. The van der Waals surface area contributed by atoms with Crippen LogP contribution in [0, 0.1) is 0 Å². The van der Waals surface area contributed by atoms with Crippen LogP contribution in [0.25, 0.3) is 5.78 Å². The van der Waals surface area contributed by atoms with Gasteiger partial charge in [-0.1, -0.05) is 36.7 Å². The van der Waals surface area contributed by atoms with Crippen LogP contribution in [0.3, 0.4) is 0 Å². The lowest BCUT2D eigenvalue weighted by atomic mass is 9.92. The minimum Gasteiger partial charge on any atom is -0.337 e. The summed E-state index contributed by atoms with van der Waals surface area (Å²) in [4.78, 5) is 11.2. The summed E-state index contributed by atoms with van der Waals surface area (Å²) in [5, 5.41) is 4.65. The number of fused-ring (bicyclic) bond motifs is 1. The lowest BCUT2D eigenvalue weighted by molar-refractivity contribution is 0.382. The van der Waals surface area contributed by atoms with Crippen molar-refractivity contribution in [2.75, 3.05) is 31.1 Å². The van der Waals surface area contributed by atoms with Crippen molar-refractivity contribution in [2.45, 2.75) is 31.1 Å². The molecule has 3 aromatic rings. The molecule has 0 atom stereocenters. The standard InChI is InChI=1S/C19H23BrN6O2S/c1-19(2,3)16-8-9-21-17-22-18(23-26(16)17)24-10-12-25(13-11-24)29(27,28)15-6-4-14(20)5-7-15/h4-9H,10-13H2,1-3H3. The van der Waals surface area contributed by atoms with E-state index in [0.717, 1.165) is 10.2 Å². The van der Waals surface area contributed by atoms with E-state index in [4.69, 9.17) is 0 Å². The second kappa shape index (κ2) is 7.33. The van der Waals surface area contributed by atoms with Gasteiger partial charge in [-0.25, -0.2) is 13.4 Å². The van der Waals surface area contributed by atoms with E-state index in [1.807, 2.05) is 11.0 Å². The largest absolute Gasteiger partial charge is 0.337 e. The van der Waals surface area contributed by atoms with Crippen molar-refractivity contribution in [2.24, 2.45) is 0 Å². The molecule has 0 N–H and O–H groups in total. The van der Waals surface area contributed by atoms with Crippen molar-refractivity contribution in [1.82, 2.24) is 23.9 Å². The highest BCUT2D eigenvalue weighted by Crippen LogP contribution is 2.24. The molecule has 0 aliphatic carbocycles. The highest BCUT2D eigenvalue weighted by Gasteiger charge is 2.30. The second-order valence-electron chi connectivity index (χ2n) is 8.05. The van der Waals surface area contributed by atoms with E-state index in [1.165, 1.54) is 4.31 Å². The van der Waals surface area contributed by atoms with E-state index in [-0.39, 0.29) is 5.41 Å². The normalized spacial score (nSPS) is 16.5. The van der Waals surface area contributed by atoms with E-state index in [1.54, 1.807) is 35.0 Å². The molecule has 1 aliphatic rings. The van der Waals surface area contributed by atoms with Crippen molar-refractivity contribution < 1.29 is 8.42 Å². The maximum atomic E-state index is 12.9. The molecule has 0 bridgehead atoms. The van der Waals surface area contributed by atoms with Gasteiger partial charge in [0.25, 0.3) is 5.78 Å². The molecule has 29 heavy (non-hydrogen) atoms. The van der Waals surface area contributed by atoms with Crippen molar-refractivity contribution in [1.29, 1.82) is 0 Å². The maximum Gasteiger partial charge on any atom is 0.254 e. The molecule has 0 unspecified atom stereocenters. The number of hydrogen-bond donors (Lipinski definition) is 0. The molecule has 1 fully saturated rings. The highest BCUT2D eigenvalue weighted by molar-refractivity contribution is 9.10. The summed E-state index contributed by atoms with van der Waals surface area (Å²) in [6.07, 6.45) is 1.75. The third kappa shape index (κ3) is 3.88. The Kier molecular flexibility index (Phi) is 5.12. The monoisotopic (exact) mass is 478 g/mol. The van der Waals surface area contributed by atoms with Crippen LogP contribution in [0.1, 0.15) is 26.5 Å². The van der Waals surface area contributed by atoms with E-state index in [2.05, 4.69) is 51.8 Å². The Morgan fingerprint density at radius 2 is 1.66 bits per heavy atom. The minimum absolute atomic E-state index is 0.0936. The molecule has 0 radical (unpaired) electrons. The summed E-state index contributed by atoms with van der Waals surface area (Å²) < 4.78 is 29.9. The molecular weight excluding hydrogens is 456 g/mol. The third-order valence-electron chi connectivity index (χ3n) is 4.97. The van der Waals surface area contributed by atoms with Crippen molar-refractivity contribution >= 4 is 37.7 Å². The summed E-state index contributed by atoms with van der Waals surface area (Å²) >= 11 is 3.34. The molecule has 2 aromatic heterocycles. The third-order valence-corrected chi connectivity index (χ3v) is 7.41. The van der Waals surface area contributed by atoms with Crippen LogP contribution < -0.4 is 4.90 Å². The Hall–Kier alpha value is -2.04. The van der Waals surface area contributed by atoms with Crippen molar-refractivity contribution in [3.63, 3.8) is 0 Å². The van der Waals surface area contributed by atoms with Gasteiger partial charge in [-0.15, -0.1) is 5.10 Å². The molecule has 10 heteroatoms. The van der Waals surface area contributed by atoms with E-state index in [0.29, 0.717) is 42.8 Å². The van der Waals surface area contributed by atoms with Crippen LogP contribution in [-0.4, -0.2) is 58.5 Å². The van der Waals surface area contributed by atoms with Gasteiger partial charge >= 0.3 is 0 Å². The number of piperazine rings is 1. The van der Waals surface area contributed by atoms with Gasteiger partial charge in [-0.05, 0) is 30.3 Å². The van der Waals surface area contributed by atoms with Crippen LogP contribution in [0.4, 0.5) is 5.95 Å². The van der Waals surface area contributed by atoms with Gasteiger partial charge in [0.15, 0.2) is 0 Å². The topological polar surface area (TPSA) is 83.7 Å². The Balaban J connectivity index is 1.53. The first-order valence-corrected chi connectivity index (χ1v) is 11.6. The number of benzene rings is 1. The molecule has 1 aromatic carbocycles. The molecule has 3 heterocycles. The maximum absolute atomic E-state index is 12.9. The van der Waals surface area contributed by atoms with Gasteiger partial charge in [0.05, 0.1) is 10.6 Å². The van der Waals surface area contributed by atoms with Gasteiger partial charge in [-0.2, -0.15) is 13.8 Å². The summed E-state index contributed by atoms with van der Waals surface area (Å²) in [5.74, 6) is 1.13. The Morgan fingerprint density at radius 3 is 2.28 bits per heavy atom. The molecular formula is C19H23BrN6O2S. The quantitative estimate of drug-likeness (QED) is 0.575. The van der Waals surface area contributed by atoms with Gasteiger partial charge < -0.3 is 4.90 Å². The molecule has 0 spiro atoms. The average Bonchev–Trinajstić information content (AvgIpc) is 3.12. The number of nitrogens with zero attached hydrogens (tertiary/aromatic N) is 6. The molecule has 1 saturated heterocycles. The molecule has 154 valence electrons. The summed E-state index contributed by atoms with van der Waals surface area (Å²) in [7, 11) is -3.51. The summed E-state index contributed by atoms with van der Waals surface area (Å²) in [6.45, 7) is 8.18. The SMILES string of the molecule is CC(C)(C)c1ccnc2nc(N3CCN(S(=O)(=O)c4ccc(Br)cc4)CC3)nn12. The molecule has 4 rings (SSSR count). The fourth-order valence-electron chi connectivity index (χ4n) is 3.37. The van der Waals surface area contributed by atoms with Gasteiger partial charge in [0.1, 0.15) is 0 Å². The number of hydrogen-bond acceptors (Lipinski definition) is 6. The minimum atomic E-state index is -3.51. The highest BCUT2D eigenvalue weighted by atomic mass is 79.9. The van der Waals surface area contributed by atoms with E-state index in [9.17, 15) is 8.42 Å². The fraction of sp³-hybridized carbons (Fsp3) is 0.421. The molecule has 0 saturated carbocycles. The molecule has 0 amide bonds. The van der Waals surface area contributed by atoms with Gasteiger partial charge in [0.2, 0.25) is 16.0 Å². The number of sulfonamides is 1. The average molecular weight is 479 g/mol. The van der Waals surface area contributed by atoms with Crippen molar-refractivity contribution in [3.05, 3.63) is 46.7 Å². The number of halogens is 1.